The zero-order valence-corrected chi connectivity index (χ0v) is 29.7. The lowest BCUT2D eigenvalue weighted by Crippen LogP contribution is -2.64. The predicted octanol–water partition coefficient (Wildman–Crippen LogP) is 0.186. The molecule has 3 aliphatic rings. The molecular formula is C36H52O15. The van der Waals surface area contributed by atoms with Gasteiger partial charge in [0.05, 0.1) is 19.4 Å². The van der Waals surface area contributed by atoms with Crippen molar-refractivity contribution in [3.05, 3.63) is 58.7 Å². The Balaban J connectivity index is 1.57. The van der Waals surface area contributed by atoms with Gasteiger partial charge in [-0.05, 0) is 44.3 Å². The number of esters is 2. The largest absolute Gasteiger partial charge is 0.463 e. The van der Waals surface area contributed by atoms with E-state index in [1.807, 2.05) is 71.1 Å². The molecule has 0 aromatic carbocycles. The van der Waals surface area contributed by atoms with E-state index in [1.54, 1.807) is 6.92 Å². The van der Waals surface area contributed by atoms with Gasteiger partial charge in [0.2, 0.25) is 0 Å². The molecule has 0 amide bonds. The second kappa shape index (κ2) is 18.6. The van der Waals surface area contributed by atoms with Crippen molar-refractivity contribution < 1.29 is 73.8 Å². The van der Waals surface area contributed by atoms with Crippen LogP contribution in [-0.4, -0.2) is 134 Å². The Morgan fingerprint density at radius 1 is 0.882 bits per heavy atom. The lowest BCUT2D eigenvalue weighted by atomic mass is 9.71. The molecule has 11 atom stereocenters. The highest BCUT2D eigenvalue weighted by Gasteiger charge is 2.50. The predicted molar refractivity (Wildman–Crippen MR) is 179 cm³/mol. The molecule has 2 heterocycles. The highest BCUT2D eigenvalue weighted by atomic mass is 16.7. The molecule has 15 heteroatoms. The number of rotatable bonds is 13. The minimum atomic E-state index is -1.92. The quantitative estimate of drug-likeness (QED) is 0.0991. The third kappa shape index (κ3) is 11.0. The monoisotopic (exact) mass is 724 g/mol. The standard InChI is InChI=1S/C36H52O15/c1-7-18(2)9-8-10-19(3)11-12-21-20(4)27(40)22(15-36(21,5)6)48-26(39)14-13-25(38)47-17-24-33(30(43)31(44)34(46)49-24)51-35-32(45)29(42)28(41)23(16-37)50-35/h7-12,22-24,28-35,37,41-46H,13-17H2,1-6H3/b9-8+,12-11+,18-7+,19-10+. The molecule has 0 saturated carbocycles. The fourth-order valence-corrected chi connectivity index (χ4v) is 5.94. The molecule has 2 saturated heterocycles. The van der Waals surface area contributed by atoms with Gasteiger partial charge in [-0.15, -0.1) is 0 Å². The first kappa shape index (κ1) is 42.3. The van der Waals surface area contributed by atoms with Crippen LogP contribution in [0.25, 0.3) is 0 Å². The van der Waals surface area contributed by atoms with Crippen LogP contribution >= 0.6 is 0 Å². The molecule has 286 valence electrons. The number of hydrogen-bond donors (Lipinski definition) is 7. The van der Waals surface area contributed by atoms with Gasteiger partial charge in [0, 0.05) is 6.42 Å². The Bertz CT molecular complexity index is 1390. The maximum atomic E-state index is 13.2. The molecule has 0 aromatic heterocycles. The van der Waals surface area contributed by atoms with Crippen molar-refractivity contribution in [3.63, 3.8) is 0 Å². The van der Waals surface area contributed by atoms with Crippen molar-refractivity contribution in [1.29, 1.82) is 0 Å². The normalized spacial score (nSPS) is 35.1. The van der Waals surface area contributed by atoms with E-state index in [4.69, 9.17) is 23.7 Å². The van der Waals surface area contributed by atoms with Crippen LogP contribution in [-0.2, 0) is 38.1 Å². The highest BCUT2D eigenvalue weighted by Crippen LogP contribution is 2.41. The summed E-state index contributed by atoms with van der Waals surface area (Å²) < 4.78 is 26.7. The first-order chi connectivity index (χ1) is 23.9. The molecule has 3 rings (SSSR count). The second-order valence-corrected chi connectivity index (χ2v) is 13.6. The molecule has 0 aromatic rings. The number of carbonyl (C=O) groups excluding carboxylic acids is 3. The first-order valence-corrected chi connectivity index (χ1v) is 16.8. The zero-order valence-electron chi connectivity index (χ0n) is 29.7. The van der Waals surface area contributed by atoms with Crippen LogP contribution < -0.4 is 0 Å². The van der Waals surface area contributed by atoms with E-state index < -0.39 is 111 Å². The van der Waals surface area contributed by atoms with Gasteiger partial charge in [0.25, 0.3) is 0 Å². The minimum absolute atomic E-state index is 0.230. The number of ether oxygens (including phenoxy) is 5. The smallest absolute Gasteiger partial charge is 0.307 e. The van der Waals surface area contributed by atoms with Crippen molar-refractivity contribution in [3.8, 4) is 0 Å². The lowest BCUT2D eigenvalue weighted by Gasteiger charge is -2.45. The summed E-state index contributed by atoms with van der Waals surface area (Å²) >= 11 is 0. The number of aliphatic hydroxyl groups excluding tert-OH is 7. The number of aliphatic hydroxyl groups is 7. The molecular weight excluding hydrogens is 672 g/mol. The molecule has 0 spiro atoms. The Morgan fingerprint density at radius 3 is 2.20 bits per heavy atom. The summed E-state index contributed by atoms with van der Waals surface area (Å²) in [6.07, 6.45) is -7.13. The fraction of sp³-hybridized carbons (Fsp3) is 0.639. The van der Waals surface area contributed by atoms with Gasteiger partial charge in [-0.2, -0.15) is 0 Å². The molecule has 11 unspecified atom stereocenters. The Kier molecular flexibility index (Phi) is 15.4. The van der Waals surface area contributed by atoms with Gasteiger partial charge in [0.1, 0.15) is 55.4 Å². The van der Waals surface area contributed by atoms with Crippen LogP contribution in [0.3, 0.4) is 0 Å². The highest BCUT2D eigenvalue weighted by molar-refractivity contribution is 6.01. The topological polar surface area (TPSA) is 239 Å². The van der Waals surface area contributed by atoms with Crippen LogP contribution in [0.5, 0.6) is 0 Å². The molecule has 0 bridgehead atoms. The average Bonchev–Trinajstić information content (AvgIpc) is 3.08. The van der Waals surface area contributed by atoms with Gasteiger partial charge in [-0.3, -0.25) is 14.4 Å². The maximum absolute atomic E-state index is 13.2. The number of carbonyl (C=O) groups is 3. The van der Waals surface area contributed by atoms with Crippen LogP contribution in [0.4, 0.5) is 0 Å². The van der Waals surface area contributed by atoms with Crippen molar-refractivity contribution in [2.24, 2.45) is 5.41 Å². The van der Waals surface area contributed by atoms with Gasteiger partial charge >= 0.3 is 11.9 Å². The van der Waals surface area contributed by atoms with Crippen LogP contribution in [0, 0.1) is 5.41 Å². The summed E-state index contributed by atoms with van der Waals surface area (Å²) in [5.74, 6) is -2.05. The van der Waals surface area contributed by atoms with Crippen molar-refractivity contribution >= 4 is 17.7 Å². The molecule has 2 fully saturated rings. The summed E-state index contributed by atoms with van der Waals surface area (Å²) in [5, 5.41) is 70.6. The van der Waals surface area contributed by atoms with Crippen LogP contribution in [0.15, 0.2) is 58.7 Å². The summed E-state index contributed by atoms with van der Waals surface area (Å²) in [5.41, 5.74) is 2.90. The van der Waals surface area contributed by atoms with Gasteiger partial charge in [-0.25, -0.2) is 0 Å². The maximum Gasteiger partial charge on any atom is 0.307 e. The second-order valence-electron chi connectivity index (χ2n) is 13.6. The van der Waals surface area contributed by atoms with Gasteiger partial charge in [0.15, 0.2) is 24.5 Å². The summed E-state index contributed by atoms with van der Waals surface area (Å²) in [4.78, 5) is 38.5. The molecule has 1 aliphatic carbocycles. The Hall–Kier alpha value is -3.09. The Labute approximate surface area is 297 Å². The third-order valence-corrected chi connectivity index (χ3v) is 9.19. The molecule has 51 heavy (non-hydrogen) atoms. The van der Waals surface area contributed by atoms with E-state index in [1.165, 1.54) is 0 Å². The number of ketones is 1. The average molecular weight is 725 g/mol. The minimum Gasteiger partial charge on any atom is -0.463 e. The van der Waals surface area contributed by atoms with Crippen molar-refractivity contribution in [2.75, 3.05) is 13.2 Å². The summed E-state index contributed by atoms with van der Waals surface area (Å²) in [7, 11) is 0. The molecule has 0 radical (unpaired) electrons. The van der Waals surface area contributed by atoms with Crippen LogP contribution in [0.1, 0.15) is 60.8 Å². The summed E-state index contributed by atoms with van der Waals surface area (Å²) in [6.45, 7) is 10.1. The number of allylic oxidation sites excluding steroid dienone is 9. The SMILES string of the molecule is C/C=C(C)/C=C/C=C(C)/C=C/C1=C(C)C(=O)C(OC(=O)CCC(=O)OCC2OC(O)C(O)C(O)C2OC2OC(CO)C(O)C(O)C2O)CC1(C)C. The zero-order chi connectivity index (χ0) is 38.2. The Morgan fingerprint density at radius 2 is 1.55 bits per heavy atom. The van der Waals surface area contributed by atoms with E-state index in [0.29, 0.717) is 5.57 Å². The van der Waals surface area contributed by atoms with E-state index in [2.05, 4.69) is 0 Å². The van der Waals surface area contributed by atoms with E-state index in [9.17, 15) is 50.1 Å². The van der Waals surface area contributed by atoms with Crippen molar-refractivity contribution in [2.45, 2.75) is 128 Å². The van der Waals surface area contributed by atoms with E-state index in [-0.39, 0.29) is 12.2 Å². The lowest BCUT2D eigenvalue weighted by molar-refractivity contribution is -0.355. The van der Waals surface area contributed by atoms with Gasteiger partial charge in [-0.1, -0.05) is 61.4 Å². The van der Waals surface area contributed by atoms with E-state index >= 15 is 0 Å². The first-order valence-electron chi connectivity index (χ1n) is 16.8. The van der Waals surface area contributed by atoms with Gasteiger partial charge < -0.3 is 59.4 Å². The van der Waals surface area contributed by atoms with Crippen LogP contribution in [0.2, 0.25) is 0 Å². The number of Topliss-reactive ketones (excluding diaryl/α,β-unsaturated/α-hetero) is 1. The molecule has 15 nitrogen and oxygen atoms in total. The van der Waals surface area contributed by atoms with Crippen molar-refractivity contribution in [1.82, 2.24) is 0 Å². The summed E-state index contributed by atoms with van der Waals surface area (Å²) in [6, 6.07) is 0. The fourth-order valence-electron chi connectivity index (χ4n) is 5.94. The van der Waals surface area contributed by atoms with E-state index in [0.717, 1.165) is 16.7 Å². The number of hydrogen-bond acceptors (Lipinski definition) is 15. The molecule has 7 N–H and O–H groups in total. The molecule has 2 aliphatic heterocycles. The third-order valence-electron chi connectivity index (χ3n) is 9.19.